The molecule has 2 aromatic carbocycles. The average molecular weight is 354 g/mol. The Kier molecular flexibility index (Phi) is 8.60. The quantitative estimate of drug-likeness (QED) is 0.478. The molecule has 0 radical (unpaired) electrons. The van der Waals surface area contributed by atoms with E-state index in [1.54, 1.807) is 18.0 Å². The maximum Gasteiger partial charge on any atom is 0.318 e. The van der Waals surface area contributed by atoms with Gasteiger partial charge in [-0.2, -0.15) is 0 Å². The van der Waals surface area contributed by atoms with E-state index in [0.717, 1.165) is 11.4 Å². The van der Waals surface area contributed by atoms with E-state index in [2.05, 4.69) is 35.0 Å². The van der Waals surface area contributed by atoms with Crippen LogP contribution in [-0.4, -0.2) is 27.2 Å². The van der Waals surface area contributed by atoms with Crippen LogP contribution < -0.4 is 16.8 Å². The number of aryl methyl sites for hydroxylation is 2. The Morgan fingerprint density at radius 3 is 1.77 bits per heavy atom. The lowest BCUT2D eigenvalue weighted by Crippen LogP contribution is -2.27. The summed E-state index contributed by atoms with van der Waals surface area (Å²) in [4.78, 5) is 18.7. The lowest BCUT2D eigenvalue weighted by Gasteiger charge is -1.99. The number of nitrogens with zero attached hydrogens (tertiary/aromatic N) is 3. The van der Waals surface area contributed by atoms with Gasteiger partial charge in [0.25, 0.3) is 0 Å². The second-order valence-electron chi connectivity index (χ2n) is 5.24. The van der Waals surface area contributed by atoms with Gasteiger partial charge in [-0.25, -0.2) is 4.79 Å². The second kappa shape index (κ2) is 11.0. The van der Waals surface area contributed by atoms with E-state index in [-0.39, 0.29) is 6.41 Å². The highest BCUT2D eigenvalue weighted by atomic mass is 16.2. The molecule has 26 heavy (non-hydrogen) atoms. The summed E-state index contributed by atoms with van der Waals surface area (Å²) in [6.45, 7) is 4.11. The number of amides is 3. The summed E-state index contributed by atoms with van der Waals surface area (Å²) in [5, 5.41) is 9.13. The van der Waals surface area contributed by atoms with Crippen LogP contribution in [0.15, 0.2) is 61.2 Å². The number of benzene rings is 2. The number of urea groups is 1. The number of rotatable bonds is 2. The Morgan fingerprint density at radius 2 is 1.42 bits per heavy atom. The van der Waals surface area contributed by atoms with Crippen molar-refractivity contribution in [2.75, 3.05) is 5.73 Å². The molecule has 0 aliphatic rings. The number of nitrogens with two attached hydrogens (primary N) is 2. The van der Waals surface area contributed by atoms with Crippen molar-refractivity contribution in [3.63, 3.8) is 0 Å². The van der Waals surface area contributed by atoms with Crippen LogP contribution in [0, 0.1) is 13.8 Å². The zero-order valence-electron chi connectivity index (χ0n) is 14.7. The molecule has 5 N–H and O–H groups in total. The molecule has 1 aromatic heterocycles. The zero-order chi connectivity index (χ0) is 19.4. The fraction of sp³-hybridized carbons (Fsp3) is 0.111. The molecular weight excluding hydrogens is 332 g/mol. The number of carbonyl (C=O) groups excluding carboxylic acids is 2. The van der Waals surface area contributed by atoms with E-state index in [4.69, 9.17) is 5.73 Å². The van der Waals surface area contributed by atoms with Gasteiger partial charge in [0.15, 0.2) is 0 Å². The monoisotopic (exact) mass is 354 g/mol. The molecule has 0 bridgehead atoms. The van der Waals surface area contributed by atoms with E-state index >= 15 is 0 Å². The number of hydrogen-bond donors (Lipinski definition) is 3. The largest absolute Gasteiger partial charge is 0.399 e. The molecule has 0 saturated carbocycles. The zero-order valence-corrected chi connectivity index (χ0v) is 14.7. The SMILES string of the molecule is Cc1ccc(-n2cnnc2)cc1.Cc1ccc(N)cc1.NC(=O)NC=O. The lowest BCUT2D eigenvalue weighted by molar-refractivity contribution is -0.108. The summed E-state index contributed by atoms with van der Waals surface area (Å²) in [5.41, 5.74) is 14.3. The molecule has 0 fully saturated rings. The number of nitrogen functional groups attached to an aromatic ring is 1. The van der Waals surface area contributed by atoms with Crippen molar-refractivity contribution >= 4 is 18.1 Å². The summed E-state index contributed by atoms with van der Waals surface area (Å²) in [6, 6.07) is 15.2. The first kappa shape index (κ1) is 20.4. The van der Waals surface area contributed by atoms with Crippen molar-refractivity contribution < 1.29 is 9.59 Å². The van der Waals surface area contributed by atoms with Gasteiger partial charge < -0.3 is 11.5 Å². The van der Waals surface area contributed by atoms with Gasteiger partial charge in [0.1, 0.15) is 12.7 Å². The molecule has 0 aliphatic heterocycles. The van der Waals surface area contributed by atoms with E-state index in [1.807, 2.05) is 47.9 Å². The molecule has 3 aromatic rings. The van der Waals surface area contributed by atoms with Crippen molar-refractivity contribution in [2.45, 2.75) is 13.8 Å². The maximum atomic E-state index is 9.48. The minimum Gasteiger partial charge on any atom is -0.399 e. The molecule has 0 aliphatic carbocycles. The van der Waals surface area contributed by atoms with E-state index in [0.29, 0.717) is 0 Å². The molecule has 0 spiro atoms. The lowest BCUT2D eigenvalue weighted by atomic mass is 10.2. The fourth-order valence-corrected chi connectivity index (χ4v) is 1.68. The van der Waals surface area contributed by atoms with Crippen LogP contribution in [0.1, 0.15) is 11.1 Å². The predicted octanol–water partition coefficient (Wildman–Crippen LogP) is 1.96. The number of anilines is 1. The second-order valence-corrected chi connectivity index (χ2v) is 5.24. The number of imide groups is 1. The Labute approximate surface area is 151 Å². The molecule has 8 nitrogen and oxygen atoms in total. The third-order valence-corrected chi connectivity index (χ3v) is 3.03. The summed E-state index contributed by atoms with van der Waals surface area (Å²) in [6.07, 6.45) is 3.59. The normalized spacial score (nSPS) is 9.00. The first-order valence-corrected chi connectivity index (χ1v) is 7.65. The minimum atomic E-state index is -0.829. The highest BCUT2D eigenvalue weighted by Crippen LogP contribution is 2.07. The predicted molar refractivity (Wildman–Crippen MR) is 100 cm³/mol. The van der Waals surface area contributed by atoms with Crippen LogP contribution in [0.25, 0.3) is 5.69 Å². The first-order chi connectivity index (χ1) is 12.4. The summed E-state index contributed by atoms with van der Waals surface area (Å²) >= 11 is 0. The Morgan fingerprint density at radius 1 is 0.962 bits per heavy atom. The summed E-state index contributed by atoms with van der Waals surface area (Å²) < 4.78 is 1.87. The third kappa shape index (κ3) is 8.25. The Hall–Kier alpha value is -3.68. The van der Waals surface area contributed by atoms with Gasteiger partial charge in [-0.3, -0.25) is 14.7 Å². The standard InChI is InChI=1S/C9H9N3.C7H9N.C2H4N2O2/c1-8-2-4-9(5-3-8)12-6-10-11-7-12;1-6-2-4-7(8)5-3-6;3-2(6)4-1-5/h2-7H,1H3;2-5H,8H2,1H3;1H,(H3,3,4,5,6). The number of primary amides is 1. The van der Waals surface area contributed by atoms with Gasteiger partial charge in [0.2, 0.25) is 6.41 Å². The molecule has 0 saturated heterocycles. The molecule has 0 unspecified atom stereocenters. The number of carbonyl (C=O) groups is 2. The minimum absolute atomic E-state index is 0.225. The van der Waals surface area contributed by atoms with Gasteiger partial charge in [-0.05, 0) is 38.1 Å². The van der Waals surface area contributed by atoms with Crippen LogP contribution in [0.2, 0.25) is 0 Å². The molecule has 0 atom stereocenters. The van der Waals surface area contributed by atoms with Crippen LogP contribution in [0.3, 0.4) is 0 Å². The smallest absolute Gasteiger partial charge is 0.318 e. The van der Waals surface area contributed by atoms with Gasteiger partial charge >= 0.3 is 6.03 Å². The van der Waals surface area contributed by atoms with Gasteiger partial charge in [-0.15, -0.1) is 10.2 Å². The Balaban J connectivity index is 0.000000211. The number of hydrogen-bond acceptors (Lipinski definition) is 5. The van der Waals surface area contributed by atoms with Crippen LogP contribution in [-0.2, 0) is 4.79 Å². The van der Waals surface area contributed by atoms with Crippen molar-refractivity contribution in [1.82, 2.24) is 20.1 Å². The molecule has 136 valence electrons. The average Bonchev–Trinajstić information content (AvgIpc) is 3.14. The summed E-state index contributed by atoms with van der Waals surface area (Å²) in [5.74, 6) is 0. The molecule has 8 heteroatoms. The van der Waals surface area contributed by atoms with Crippen molar-refractivity contribution in [2.24, 2.45) is 5.73 Å². The molecular formula is C18H22N6O2. The molecule has 3 amide bonds. The van der Waals surface area contributed by atoms with Gasteiger partial charge in [0.05, 0.1) is 0 Å². The highest BCUT2D eigenvalue weighted by Gasteiger charge is 1.93. The molecule has 1 heterocycles. The number of aromatic nitrogens is 3. The van der Waals surface area contributed by atoms with E-state index in [1.165, 1.54) is 11.1 Å². The maximum absolute atomic E-state index is 9.48. The van der Waals surface area contributed by atoms with Gasteiger partial charge in [0, 0.05) is 11.4 Å². The van der Waals surface area contributed by atoms with Crippen molar-refractivity contribution in [3.8, 4) is 5.69 Å². The number of nitrogens with one attached hydrogen (secondary N) is 1. The van der Waals surface area contributed by atoms with Gasteiger partial charge in [-0.1, -0.05) is 35.4 Å². The summed E-state index contributed by atoms with van der Waals surface area (Å²) in [7, 11) is 0. The van der Waals surface area contributed by atoms with Crippen molar-refractivity contribution in [1.29, 1.82) is 0 Å². The van der Waals surface area contributed by atoms with Crippen LogP contribution in [0.4, 0.5) is 10.5 Å². The topological polar surface area (TPSA) is 129 Å². The fourth-order valence-electron chi connectivity index (χ4n) is 1.68. The Bertz CT molecular complexity index is 763. The molecule has 3 rings (SSSR count). The first-order valence-electron chi connectivity index (χ1n) is 7.65. The van der Waals surface area contributed by atoms with E-state index < -0.39 is 6.03 Å². The van der Waals surface area contributed by atoms with E-state index in [9.17, 15) is 9.59 Å². The highest BCUT2D eigenvalue weighted by molar-refractivity contribution is 5.82. The van der Waals surface area contributed by atoms with Crippen LogP contribution >= 0.6 is 0 Å². The van der Waals surface area contributed by atoms with Crippen molar-refractivity contribution in [3.05, 3.63) is 72.3 Å². The third-order valence-electron chi connectivity index (χ3n) is 3.03. The van der Waals surface area contributed by atoms with Crippen LogP contribution in [0.5, 0.6) is 0 Å².